The van der Waals surface area contributed by atoms with Crippen molar-refractivity contribution < 1.29 is 32.2 Å². The minimum Gasteiger partial charge on any atom is -0.508 e. The second-order valence-electron chi connectivity index (χ2n) is 8.24. The van der Waals surface area contributed by atoms with Crippen LogP contribution in [0.1, 0.15) is 18.9 Å². The first-order chi connectivity index (χ1) is 16.0. The van der Waals surface area contributed by atoms with E-state index in [1.165, 1.54) is 6.08 Å². The molecule has 0 saturated heterocycles. The second kappa shape index (κ2) is 8.51. The number of amides is 2. The highest BCUT2D eigenvalue weighted by Crippen LogP contribution is 2.74. The highest BCUT2D eigenvalue weighted by molar-refractivity contribution is 5.91. The van der Waals surface area contributed by atoms with Gasteiger partial charge in [0.15, 0.2) is 0 Å². The Balaban J connectivity index is 1.34. The fraction of sp³-hybridized carbons (Fsp3) is 0.250. The Morgan fingerprint density at radius 1 is 1.26 bits per heavy atom. The molecule has 2 saturated carbocycles. The zero-order valence-corrected chi connectivity index (χ0v) is 18.0. The Labute approximate surface area is 192 Å². The molecule has 2 aliphatic rings. The third kappa shape index (κ3) is 4.75. The van der Waals surface area contributed by atoms with Gasteiger partial charge in [-0.15, -0.1) is 0 Å². The van der Waals surface area contributed by atoms with E-state index in [1.54, 1.807) is 37.5 Å². The molecular weight excluding hydrogens is 454 g/mol. The first-order valence-corrected chi connectivity index (χ1v) is 10.3. The third-order valence-electron chi connectivity index (χ3n) is 5.89. The molecule has 2 fully saturated rings. The van der Waals surface area contributed by atoms with Crippen LogP contribution in [0.3, 0.4) is 0 Å². The highest BCUT2D eigenvalue weighted by Gasteiger charge is 2.80. The fourth-order valence-electron chi connectivity index (χ4n) is 3.97. The number of carbonyl (C=O) groups excluding carboxylic acids is 1. The molecule has 10 heteroatoms. The van der Waals surface area contributed by atoms with E-state index < -0.39 is 29.1 Å². The van der Waals surface area contributed by atoms with Gasteiger partial charge in [-0.05, 0) is 67.3 Å². The molecule has 6 nitrogen and oxygen atoms in total. The van der Waals surface area contributed by atoms with Gasteiger partial charge in [-0.1, -0.05) is 6.58 Å². The van der Waals surface area contributed by atoms with Crippen LogP contribution in [0.5, 0.6) is 5.75 Å². The van der Waals surface area contributed by atoms with Crippen LogP contribution in [0.15, 0.2) is 78.5 Å². The lowest BCUT2D eigenvalue weighted by Gasteiger charge is -2.16. The maximum absolute atomic E-state index is 13.4. The number of benzene rings is 1. The molecule has 0 spiro atoms. The number of urea groups is 1. The van der Waals surface area contributed by atoms with E-state index in [-0.39, 0.29) is 23.3 Å². The van der Waals surface area contributed by atoms with Crippen LogP contribution >= 0.6 is 0 Å². The Hall–Kier alpha value is -3.82. The van der Waals surface area contributed by atoms with Crippen LogP contribution in [0, 0.1) is 17.7 Å². The molecule has 0 aliphatic heterocycles. The molecule has 0 unspecified atom stereocenters. The van der Waals surface area contributed by atoms with Crippen molar-refractivity contribution in [3.05, 3.63) is 89.9 Å². The normalized spacial score (nSPS) is 23.6. The van der Waals surface area contributed by atoms with Crippen molar-refractivity contribution in [2.45, 2.75) is 25.1 Å². The molecule has 1 heterocycles. The molecule has 0 bridgehead atoms. The predicted molar refractivity (Wildman–Crippen MR) is 116 cm³/mol. The molecule has 4 rings (SSSR count). The summed E-state index contributed by atoms with van der Waals surface area (Å²) < 4.78 is 57.6. The smallest absolute Gasteiger partial charge is 0.419 e. The van der Waals surface area contributed by atoms with Gasteiger partial charge in [-0.25, -0.2) is 9.18 Å². The van der Waals surface area contributed by atoms with Crippen LogP contribution in [-0.4, -0.2) is 21.7 Å². The molecule has 178 valence electrons. The molecular formula is C24H21F4N3O3. The minimum absolute atomic E-state index is 0.0650. The molecule has 1 aromatic carbocycles. The number of hydrogen-bond donors (Lipinski definition) is 3. The van der Waals surface area contributed by atoms with Crippen molar-refractivity contribution >= 4 is 11.7 Å². The third-order valence-corrected chi connectivity index (χ3v) is 5.89. The number of aromatic nitrogens is 1. The lowest BCUT2D eigenvalue weighted by Crippen LogP contribution is -2.37. The van der Waals surface area contributed by atoms with E-state index in [4.69, 9.17) is 4.74 Å². The van der Waals surface area contributed by atoms with E-state index in [0.29, 0.717) is 35.6 Å². The zero-order chi connectivity index (χ0) is 24.7. The Kier molecular flexibility index (Phi) is 5.84. The van der Waals surface area contributed by atoms with E-state index in [2.05, 4.69) is 22.2 Å². The van der Waals surface area contributed by atoms with Crippen LogP contribution in [0.25, 0.3) is 0 Å². The van der Waals surface area contributed by atoms with Gasteiger partial charge in [-0.2, -0.15) is 13.2 Å². The number of ether oxygens (including phenoxy) is 1. The SMILES string of the molecule is C=C(/C(O)=C\C=C(/C)Oc1ccncc1)[C@@H]1[C@@H]2C[C@@]12NC(=O)Nc1ccc(F)c(C(F)(F)F)c1. The first kappa shape index (κ1) is 23.3. The number of nitrogens with zero attached hydrogens (tertiary/aromatic N) is 1. The van der Waals surface area contributed by atoms with Gasteiger partial charge >= 0.3 is 12.2 Å². The number of aliphatic hydroxyl groups excluding tert-OH is 1. The molecule has 3 atom stereocenters. The predicted octanol–water partition coefficient (Wildman–Crippen LogP) is 5.73. The van der Waals surface area contributed by atoms with Crippen molar-refractivity contribution in [1.82, 2.24) is 10.3 Å². The van der Waals surface area contributed by atoms with Gasteiger partial charge in [0.2, 0.25) is 0 Å². The molecule has 3 N–H and O–H groups in total. The van der Waals surface area contributed by atoms with Gasteiger partial charge in [0, 0.05) is 24.0 Å². The maximum atomic E-state index is 13.4. The summed E-state index contributed by atoms with van der Waals surface area (Å²) in [4.78, 5) is 16.2. The Bertz CT molecular complexity index is 1190. The van der Waals surface area contributed by atoms with Crippen molar-refractivity contribution in [2.75, 3.05) is 5.32 Å². The largest absolute Gasteiger partial charge is 0.508 e. The zero-order valence-electron chi connectivity index (χ0n) is 18.0. The summed E-state index contributed by atoms with van der Waals surface area (Å²) in [6.07, 6.45) is 1.98. The summed E-state index contributed by atoms with van der Waals surface area (Å²) in [5.74, 6) is -0.477. The van der Waals surface area contributed by atoms with Gasteiger partial charge in [0.1, 0.15) is 23.1 Å². The number of hydrogen-bond acceptors (Lipinski definition) is 4. The van der Waals surface area contributed by atoms with Crippen LogP contribution < -0.4 is 15.4 Å². The van der Waals surface area contributed by atoms with Gasteiger partial charge in [0.05, 0.1) is 11.1 Å². The lowest BCUT2D eigenvalue weighted by atomic mass is 10.0. The number of carbonyl (C=O) groups is 1. The number of aliphatic hydroxyl groups is 1. The summed E-state index contributed by atoms with van der Waals surface area (Å²) in [5, 5.41) is 15.4. The summed E-state index contributed by atoms with van der Waals surface area (Å²) in [6.45, 7) is 5.63. The second-order valence-corrected chi connectivity index (χ2v) is 8.24. The average Bonchev–Trinajstić information content (AvgIpc) is 3.63. The molecule has 2 aromatic rings. The molecule has 2 aliphatic carbocycles. The number of anilines is 1. The topological polar surface area (TPSA) is 83.5 Å². The fourth-order valence-corrected chi connectivity index (χ4v) is 3.97. The molecule has 2 amide bonds. The first-order valence-electron chi connectivity index (χ1n) is 10.3. The van der Waals surface area contributed by atoms with E-state index in [9.17, 15) is 27.5 Å². The van der Waals surface area contributed by atoms with Crippen molar-refractivity contribution in [3.63, 3.8) is 0 Å². The maximum Gasteiger partial charge on any atom is 0.419 e. The monoisotopic (exact) mass is 475 g/mol. The number of pyridine rings is 1. The van der Waals surface area contributed by atoms with E-state index >= 15 is 0 Å². The minimum atomic E-state index is -4.88. The molecule has 1 aromatic heterocycles. The number of rotatable bonds is 7. The van der Waals surface area contributed by atoms with E-state index in [0.717, 1.165) is 6.07 Å². The molecule has 0 radical (unpaired) electrons. The van der Waals surface area contributed by atoms with Crippen LogP contribution in [0.2, 0.25) is 0 Å². The highest BCUT2D eigenvalue weighted by atomic mass is 19.4. The van der Waals surface area contributed by atoms with Crippen molar-refractivity contribution in [1.29, 1.82) is 0 Å². The van der Waals surface area contributed by atoms with Crippen LogP contribution in [-0.2, 0) is 6.18 Å². The molecule has 34 heavy (non-hydrogen) atoms. The number of alkyl halides is 3. The number of nitrogens with one attached hydrogen (secondary N) is 2. The quantitative estimate of drug-likeness (QED) is 0.271. The summed E-state index contributed by atoms with van der Waals surface area (Å²) >= 11 is 0. The van der Waals surface area contributed by atoms with Gasteiger partial charge < -0.3 is 20.5 Å². The Morgan fingerprint density at radius 3 is 2.62 bits per heavy atom. The Morgan fingerprint density at radius 2 is 1.97 bits per heavy atom. The van der Waals surface area contributed by atoms with Crippen molar-refractivity contribution in [3.8, 4) is 5.75 Å². The standard InChI is InChI=1S/C24H21F4N3O3/c1-13(34-16-7-9-29-10-8-16)3-6-20(32)14(2)21-18-12-23(18,21)31-22(33)30-15-4-5-19(25)17(11-15)24(26,27)28/h3-11,18,21,32H,2,12H2,1H3,(H2,30,31,33)/b13-3+,20-6+/t18-,21+,23-/m0/s1. The summed E-state index contributed by atoms with van der Waals surface area (Å²) in [6, 6.07) is 4.89. The van der Waals surface area contributed by atoms with Crippen LogP contribution in [0.4, 0.5) is 28.0 Å². The van der Waals surface area contributed by atoms with E-state index in [1.807, 2.05) is 0 Å². The number of halogens is 4. The van der Waals surface area contributed by atoms with Crippen molar-refractivity contribution in [2.24, 2.45) is 11.8 Å². The lowest BCUT2D eigenvalue weighted by molar-refractivity contribution is -0.139. The van der Waals surface area contributed by atoms with Gasteiger partial charge in [0.25, 0.3) is 0 Å². The summed E-state index contributed by atoms with van der Waals surface area (Å²) in [5.41, 5.74) is -1.81. The summed E-state index contributed by atoms with van der Waals surface area (Å²) in [7, 11) is 0. The number of allylic oxidation sites excluding steroid dienone is 4. The van der Waals surface area contributed by atoms with Gasteiger partial charge in [-0.3, -0.25) is 4.98 Å². The average molecular weight is 475 g/mol. The number of fused-ring (bicyclic) bond motifs is 1.